The van der Waals surface area contributed by atoms with E-state index in [4.69, 9.17) is 0 Å². The summed E-state index contributed by atoms with van der Waals surface area (Å²) < 4.78 is 14.6. The number of rotatable bonds is 3. The summed E-state index contributed by atoms with van der Waals surface area (Å²) in [4.78, 5) is 12.1. The zero-order chi connectivity index (χ0) is 14.7. The molecule has 0 radical (unpaired) electrons. The summed E-state index contributed by atoms with van der Waals surface area (Å²) in [6.07, 6.45) is 3.61. The number of carbonyl (C=O) groups is 1. The third kappa shape index (κ3) is 3.25. The van der Waals surface area contributed by atoms with Crippen LogP contribution < -0.4 is 10.6 Å². The summed E-state index contributed by atoms with van der Waals surface area (Å²) in [6, 6.07) is 5.88. The van der Waals surface area contributed by atoms with E-state index < -0.39 is 0 Å². The molecule has 110 valence electrons. The molecule has 1 aliphatic rings. The van der Waals surface area contributed by atoms with Gasteiger partial charge in [0.15, 0.2) is 5.69 Å². The maximum absolute atomic E-state index is 12.8. The predicted octanol–water partition coefficient (Wildman–Crippen LogP) is 1.59. The molecule has 0 saturated carbocycles. The highest BCUT2D eigenvalue weighted by molar-refractivity contribution is 6.02. The van der Waals surface area contributed by atoms with E-state index in [1.165, 1.54) is 24.3 Å². The van der Waals surface area contributed by atoms with Crippen molar-refractivity contribution < 1.29 is 9.18 Å². The van der Waals surface area contributed by atoms with Crippen molar-refractivity contribution in [2.75, 3.05) is 18.4 Å². The van der Waals surface area contributed by atoms with Crippen LogP contribution in [0.2, 0.25) is 0 Å². The summed E-state index contributed by atoms with van der Waals surface area (Å²) in [7, 11) is 0. The van der Waals surface area contributed by atoms with Gasteiger partial charge in [0.1, 0.15) is 5.82 Å². The van der Waals surface area contributed by atoms with E-state index in [0.717, 1.165) is 25.9 Å². The fourth-order valence-corrected chi connectivity index (χ4v) is 2.36. The highest BCUT2D eigenvalue weighted by atomic mass is 19.1. The number of benzene rings is 1. The molecular formula is C14H16FN5O. The minimum absolute atomic E-state index is 0.262. The monoisotopic (exact) mass is 289 g/mol. The van der Waals surface area contributed by atoms with Gasteiger partial charge >= 0.3 is 0 Å². The molecule has 1 fully saturated rings. The maximum atomic E-state index is 12.8. The van der Waals surface area contributed by atoms with Crippen LogP contribution in [0.3, 0.4) is 0 Å². The van der Waals surface area contributed by atoms with Gasteiger partial charge in [-0.15, -0.1) is 5.10 Å². The van der Waals surface area contributed by atoms with Gasteiger partial charge in [0, 0.05) is 5.69 Å². The van der Waals surface area contributed by atoms with Crippen molar-refractivity contribution in [3.8, 4) is 0 Å². The first-order chi connectivity index (χ1) is 10.2. The summed E-state index contributed by atoms with van der Waals surface area (Å²) in [5.74, 6) is -0.688. The molecule has 0 atom stereocenters. The Balaban J connectivity index is 1.67. The second-order valence-corrected chi connectivity index (χ2v) is 5.03. The van der Waals surface area contributed by atoms with Crippen LogP contribution in [0.5, 0.6) is 0 Å². The number of piperidine rings is 1. The predicted molar refractivity (Wildman–Crippen MR) is 75.5 cm³/mol. The Morgan fingerprint density at radius 1 is 1.29 bits per heavy atom. The Kier molecular flexibility index (Phi) is 3.92. The number of aromatic nitrogens is 3. The number of nitrogens with one attached hydrogen (secondary N) is 2. The Labute approximate surface area is 121 Å². The molecule has 21 heavy (non-hydrogen) atoms. The molecule has 0 unspecified atom stereocenters. The lowest BCUT2D eigenvalue weighted by molar-refractivity contribution is 0.102. The van der Waals surface area contributed by atoms with Crippen LogP contribution in [0.15, 0.2) is 30.5 Å². The normalized spacial score (nSPS) is 15.9. The summed E-state index contributed by atoms with van der Waals surface area (Å²) >= 11 is 0. The van der Waals surface area contributed by atoms with Gasteiger partial charge in [-0.25, -0.2) is 9.07 Å². The van der Waals surface area contributed by atoms with E-state index in [1.54, 1.807) is 10.9 Å². The van der Waals surface area contributed by atoms with Crippen molar-refractivity contribution in [2.45, 2.75) is 18.9 Å². The van der Waals surface area contributed by atoms with Crippen molar-refractivity contribution in [1.82, 2.24) is 20.3 Å². The number of hydrogen-bond acceptors (Lipinski definition) is 4. The van der Waals surface area contributed by atoms with Gasteiger partial charge in [0.05, 0.1) is 12.2 Å². The lowest BCUT2D eigenvalue weighted by Crippen LogP contribution is -2.29. The first-order valence-corrected chi connectivity index (χ1v) is 6.92. The lowest BCUT2D eigenvalue weighted by atomic mass is 10.1. The van der Waals surface area contributed by atoms with E-state index in [9.17, 15) is 9.18 Å². The van der Waals surface area contributed by atoms with Crippen LogP contribution in [-0.4, -0.2) is 34.0 Å². The molecule has 0 bridgehead atoms. The van der Waals surface area contributed by atoms with Crippen molar-refractivity contribution in [3.63, 3.8) is 0 Å². The molecule has 3 rings (SSSR count). The molecule has 2 aromatic rings. The van der Waals surface area contributed by atoms with Crippen LogP contribution >= 0.6 is 0 Å². The van der Waals surface area contributed by atoms with Gasteiger partial charge in [0.2, 0.25) is 0 Å². The first-order valence-electron chi connectivity index (χ1n) is 6.92. The van der Waals surface area contributed by atoms with Crippen LogP contribution in [0.25, 0.3) is 0 Å². The number of nitrogens with zero attached hydrogens (tertiary/aromatic N) is 3. The molecule has 2 N–H and O–H groups in total. The minimum atomic E-state index is -0.346. The quantitative estimate of drug-likeness (QED) is 0.900. The third-order valence-electron chi connectivity index (χ3n) is 3.53. The Morgan fingerprint density at radius 3 is 2.71 bits per heavy atom. The standard InChI is InChI=1S/C14H16FN5O/c15-10-1-3-11(4-2-10)17-14(21)13-9-20(19-18-13)12-5-7-16-8-6-12/h1-4,9,12,16H,5-8H2,(H,17,21). The topological polar surface area (TPSA) is 71.8 Å². The Bertz CT molecular complexity index is 619. The summed E-state index contributed by atoms with van der Waals surface area (Å²) in [6.45, 7) is 1.89. The van der Waals surface area contributed by atoms with E-state index >= 15 is 0 Å². The smallest absolute Gasteiger partial charge is 0.277 e. The van der Waals surface area contributed by atoms with Gasteiger partial charge < -0.3 is 10.6 Å². The molecular weight excluding hydrogens is 273 g/mol. The lowest BCUT2D eigenvalue weighted by Gasteiger charge is -2.22. The zero-order valence-electron chi connectivity index (χ0n) is 11.4. The van der Waals surface area contributed by atoms with Crippen molar-refractivity contribution in [1.29, 1.82) is 0 Å². The second-order valence-electron chi connectivity index (χ2n) is 5.03. The van der Waals surface area contributed by atoms with Gasteiger partial charge in [0.25, 0.3) is 5.91 Å². The average Bonchev–Trinajstić information content (AvgIpc) is 3.00. The third-order valence-corrected chi connectivity index (χ3v) is 3.53. The van der Waals surface area contributed by atoms with Crippen molar-refractivity contribution in [3.05, 3.63) is 42.0 Å². The number of hydrogen-bond donors (Lipinski definition) is 2. The molecule has 1 amide bonds. The number of anilines is 1. The highest BCUT2D eigenvalue weighted by Gasteiger charge is 2.18. The molecule has 1 aliphatic heterocycles. The largest absolute Gasteiger partial charge is 0.321 e. The van der Waals surface area contributed by atoms with E-state index in [-0.39, 0.29) is 23.5 Å². The molecule has 0 aliphatic carbocycles. The number of carbonyl (C=O) groups excluding carboxylic acids is 1. The van der Waals surface area contributed by atoms with Gasteiger partial charge in [-0.3, -0.25) is 4.79 Å². The van der Waals surface area contributed by atoms with Crippen molar-refractivity contribution >= 4 is 11.6 Å². The molecule has 7 heteroatoms. The van der Waals surface area contributed by atoms with E-state index in [2.05, 4.69) is 20.9 Å². The van der Waals surface area contributed by atoms with Crippen LogP contribution in [0.1, 0.15) is 29.4 Å². The SMILES string of the molecule is O=C(Nc1ccc(F)cc1)c1cn(C2CCNCC2)nn1. The highest BCUT2D eigenvalue weighted by Crippen LogP contribution is 2.17. The molecule has 6 nitrogen and oxygen atoms in total. The summed E-state index contributed by atoms with van der Waals surface area (Å²) in [5, 5.41) is 13.9. The fourth-order valence-electron chi connectivity index (χ4n) is 2.36. The average molecular weight is 289 g/mol. The molecule has 1 aromatic carbocycles. The van der Waals surface area contributed by atoms with Gasteiger partial charge in [-0.05, 0) is 50.2 Å². The molecule has 1 saturated heterocycles. The van der Waals surface area contributed by atoms with Crippen LogP contribution in [0.4, 0.5) is 10.1 Å². The van der Waals surface area contributed by atoms with E-state index in [1.807, 2.05) is 0 Å². The van der Waals surface area contributed by atoms with Crippen LogP contribution in [0, 0.1) is 5.82 Å². The molecule has 2 heterocycles. The van der Waals surface area contributed by atoms with Crippen molar-refractivity contribution in [2.24, 2.45) is 0 Å². The molecule has 0 spiro atoms. The Morgan fingerprint density at radius 2 is 2.00 bits per heavy atom. The van der Waals surface area contributed by atoms with Gasteiger partial charge in [-0.2, -0.15) is 0 Å². The number of amides is 1. The maximum Gasteiger partial charge on any atom is 0.277 e. The number of halogens is 1. The second kappa shape index (κ2) is 6.01. The first kappa shape index (κ1) is 13.7. The van der Waals surface area contributed by atoms with E-state index in [0.29, 0.717) is 5.69 Å². The zero-order valence-corrected chi connectivity index (χ0v) is 11.4. The Hall–Kier alpha value is -2.28. The minimum Gasteiger partial charge on any atom is -0.321 e. The summed E-state index contributed by atoms with van der Waals surface area (Å²) in [5.41, 5.74) is 0.788. The fraction of sp³-hybridized carbons (Fsp3) is 0.357. The van der Waals surface area contributed by atoms with Gasteiger partial charge in [-0.1, -0.05) is 5.21 Å². The van der Waals surface area contributed by atoms with Crippen LogP contribution in [-0.2, 0) is 0 Å². The molecule has 1 aromatic heterocycles.